The second kappa shape index (κ2) is 12.7. The number of nitriles is 2. The normalized spacial score (nSPS) is 10.7. The van der Waals surface area contributed by atoms with E-state index in [1.165, 1.54) is 24.3 Å². The molecule has 0 atom stereocenters. The standard InChI is InChI=1S/C26H24N8OS/c1-4-34(5-2)22-11-12-23(24(15-22)29-18(3)35)30-32-26-33-31-25(36-26)13-10-19-6-8-20(9-7-19)14-21(16-27)17-28/h6-15H,4-5H2,1-3H3,(H,29,35)/b13-10+,32-30?. The van der Waals surface area contributed by atoms with Crippen LogP contribution < -0.4 is 10.2 Å². The van der Waals surface area contributed by atoms with Crippen LogP contribution in [0.5, 0.6) is 0 Å². The van der Waals surface area contributed by atoms with E-state index in [1.54, 1.807) is 0 Å². The van der Waals surface area contributed by atoms with E-state index in [0.717, 1.165) is 29.9 Å². The number of azo groups is 1. The Labute approximate surface area is 213 Å². The van der Waals surface area contributed by atoms with Crippen LogP contribution in [0.3, 0.4) is 0 Å². The number of benzene rings is 2. The van der Waals surface area contributed by atoms with Gasteiger partial charge in [-0.2, -0.15) is 10.5 Å². The molecule has 0 aliphatic heterocycles. The smallest absolute Gasteiger partial charge is 0.252 e. The lowest BCUT2D eigenvalue weighted by molar-refractivity contribution is -0.114. The lowest BCUT2D eigenvalue weighted by Gasteiger charge is -2.22. The van der Waals surface area contributed by atoms with Gasteiger partial charge < -0.3 is 10.2 Å². The van der Waals surface area contributed by atoms with Crippen LogP contribution >= 0.6 is 11.3 Å². The van der Waals surface area contributed by atoms with Crippen molar-refractivity contribution in [3.05, 3.63) is 64.2 Å². The zero-order chi connectivity index (χ0) is 25.9. The minimum absolute atomic E-state index is 0.0536. The van der Waals surface area contributed by atoms with Gasteiger partial charge in [0, 0.05) is 25.7 Å². The average Bonchev–Trinajstić information content (AvgIpc) is 3.34. The molecule has 0 aliphatic rings. The van der Waals surface area contributed by atoms with E-state index in [0.29, 0.717) is 21.5 Å². The lowest BCUT2D eigenvalue weighted by atomic mass is 10.1. The van der Waals surface area contributed by atoms with Crippen molar-refractivity contribution in [2.45, 2.75) is 20.8 Å². The van der Waals surface area contributed by atoms with Gasteiger partial charge >= 0.3 is 0 Å². The summed E-state index contributed by atoms with van der Waals surface area (Å²) in [4.78, 5) is 13.9. The van der Waals surface area contributed by atoms with Gasteiger partial charge in [0.1, 0.15) is 28.4 Å². The highest BCUT2D eigenvalue weighted by atomic mass is 32.1. The second-order valence-electron chi connectivity index (χ2n) is 7.46. The summed E-state index contributed by atoms with van der Waals surface area (Å²) in [7, 11) is 0. The Bertz CT molecular complexity index is 1370. The second-order valence-corrected chi connectivity index (χ2v) is 8.45. The monoisotopic (exact) mass is 496 g/mol. The van der Waals surface area contributed by atoms with Crippen molar-refractivity contribution in [3.8, 4) is 12.1 Å². The molecule has 36 heavy (non-hydrogen) atoms. The molecule has 1 aromatic heterocycles. The Morgan fingerprint density at radius 1 is 1.03 bits per heavy atom. The Morgan fingerprint density at radius 3 is 2.36 bits per heavy atom. The quantitative estimate of drug-likeness (QED) is 0.271. The highest BCUT2D eigenvalue weighted by Crippen LogP contribution is 2.32. The van der Waals surface area contributed by atoms with Crippen LogP contribution in [-0.4, -0.2) is 29.2 Å². The largest absolute Gasteiger partial charge is 0.372 e. The fourth-order valence-electron chi connectivity index (χ4n) is 3.24. The molecule has 2 aromatic carbocycles. The molecule has 9 nitrogen and oxygen atoms in total. The van der Waals surface area contributed by atoms with Gasteiger partial charge in [0.2, 0.25) is 5.91 Å². The molecule has 0 saturated heterocycles. The topological polar surface area (TPSA) is 130 Å². The van der Waals surface area contributed by atoms with E-state index in [4.69, 9.17) is 10.5 Å². The molecule has 10 heteroatoms. The van der Waals surface area contributed by atoms with Crippen LogP contribution in [0.2, 0.25) is 0 Å². The molecule has 0 bridgehead atoms. The first kappa shape index (κ1) is 25.9. The molecular weight excluding hydrogens is 472 g/mol. The molecule has 0 fully saturated rings. The maximum absolute atomic E-state index is 11.7. The first-order valence-electron chi connectivity index (χ1n) is 11.2. The average molecular weight is 497 g/mol. The number of aromatic nitrogens is 2. The number of carbonyl (C=O) groups is 1. The van der Waals surface area contributed by atoms with Crippen LogP contribution in [0.15, 0.2) is 58.3 Å². The maximum Gasteiger partial charge on any atom is 0.252 e. The van der Waals surface area contributed by atoms with Crippen LogP contribution in [0.4, 0.5) is 22.2 Å². The van der Waals surface area contributed by atoms with Crippen molar-refractivity contribution < 1.29 is 4.79 Å². The fourth-order valence-corrected chi connectivity index (χ4v) is 3.81. The van der Waals surface area contributed by atoms with E-state index in [2.05, 4.69) is 44.5 Å². The summed E-state index contributed by atoms with van der Waals surface area (Å²) in [5, 5.41) is 38.3. The van der Waals surface area contributed by atoms with E-state index >= 15 is 0 Å². The number of hydrogen-bond acceptors (Lipinski definition) is 9. The van der Waals surface area contributed by atoms with Crippen LogP contribution in [-0.2, 0) is 4.79 Å². The Kier molecular flexibility index (Phi) is 9.15. The molecule has 3 aromatic rings. The minimum atomic E-state index is -0.189. The van der Waals surface area contributed by atoms with Crippen LogP contribution in [0.1, 0.15) is 36.9 Å². The van der Waals surface area contributed by atoms with Crippen molar-refractivity contribution in [3.63, 3.8) is 0 Å². The Hall–Kier alpha value is -4.67. The molecule has 1 heterocycles. The van der Waals surface area contributed by atoms with E-state index in [-0.39, 0.29) is 11.5 Å². The van der Waals surface area contributed by atoms with Gasteiger partial charge in [0.25, 0.3) is 5.13 Å². The number of hydrogen-bond donors (Lipinski definition) is 1. The molecular formula is C26H24N8OS. The van der Waals surface area contributed by atoms with Crippen LogP contribution in [0, 0.1) is 22.7 Å². The van der Waals surface area contributed by atoms with E-state index < -0.39 is 0 Å². The molecule has 180 valence electrons. The molecule has 1 N–H and O–H groups in total. The van der Waals surface area contributed by atoms with Gasteiger partial charge in [-0.15, -0.1) is 20.4 Å². The molecule has 3 rings (SSSR count). The Morgan fingerprint density at radius 2 is 1.72 bits per heavy atom. The van der Waals surface area contributed by atoms with Crippen molar-refractivity contribution in [1.29, 1.82) is 10.5 Å². The number of allylic oxidation sites excluding steroid dienone is 1. The molecule has 0 spiro atoms. The summed E-state index contributed by atoms with van der Waals surface area (Å²) in [6.45, 7) is 7.30. The molecule has 0 aliphatic carbocycles. The van der Waals surface area contributed by atoms with E-state index in [1.807, 2.05) is 66.8 Å². The summed E-state index contributed by atoms with van der Waals surface area (Å²) in [5.41, 5.74) is 3.85. The number of nitrogens with zero attached hydrogens (tertiary/aromatic N) is 7. The highest BCUT2D eigenvalue weighted by molar-refractivity contribution is 7.15. The first-order valence-corrected chi connectivity index (χ1v) is 12.0. The van der Waals surface area contributed by atoms with Gasteiger partial charge in [-0.1, -0.05) is 41.7 Å². The van der Waals surface area contributed by atoms with Crippen molar-refractivity contribution in [1.82, 2.24) is 10.2 Å². The predicted octanol–water partition coefficient (Wildman–Crippen LogP) is 6.36. The predicted molar refractivity (Wildman–Crippen MR) is 143 cm³/mol. The summed E-state index contributed by atoms with van der Waals surface area (Å²) >= 11 is 1.28. The van der Waals surface area contributed by atoms with Crippen molar-refractivity contribution in [2.75, 3.05) is 23.3 Å². The SMILES string of the molecule is CCN(CC)c1ccc(N=Nc2nnc(/C=C/c3ccc(C=C(C#N)C#N)cc3)s2)c(NC(C)=O)c1. The van der Waals surface area contributed by atoms with Gasteiger partial charge in [-0.25, -0.2) is 0 Å². The maximum atomic E-state index is 11.7. The third-order valence-electron chi connectivity index (χ3n) is 5.00. The number of anilines is 2. The summed E-state index contributed by atoms with van der Waals surface area (Å²) < 4.78 is 0. The zero-order valence-electron chi connectivity index (χ0n) is 20.1. The molecule has 0 unspecified atom stereocenters. The zero-order valence-corrected chi connectivity index (χ0v) is 21.0. The minimum Gasteiger partial charge on any atom is -0.372 e. The van der Waals surface area contributed by atoms with Gasteiger partial charge in [-0.3, -0.25) is 4.79 Å². The van der Waals surface area contributed by atoms with Crippen molar-refractivity contribution >= 4 is 57.7 Å². The molecule has 0 radical (unpaired) electrons. The molecule has 1 amide bonds. The van der Waals surface area contributed by atoms with E-state index in [9.17, 15) is 4.79 Å². The van der Waals surface area contributed by atoms with Gasteiger partial charge in [0.15, 0.2) is 0 Å². The highest BCUT2D eigenvalue weighted by Gasteiger charge is 2.09. The number of rotatable bonds is 9. The Balaban J connectivity index is 1.73. The van der Waals surface area contributed by atoms with Crippen molar-refractivity contribution in [2.24, 2.45) is 10.2 Å². The number of carbonyl (C=O) groups excluding carboxylic acids is 1. The van der Waals surface area contributed by atoms with Gasteiger partial charge in [0.05, 0.1) is 5.69 Å². The summed E-state index contributed by atoms with van der Waals surface area (Å²) in [5.74, 6) is -0.189. The van der Waals surface area contributed by atoms with Crippen LogP contribution in [0.25, 0.3) is 18.2 Å². The number of amides is 1. The summed E-state index contributed by atoms with van der Waals surface area (Å²) in [6, 6.07) is 16.7. The lowest BCUT2D eigenvalue weighted by Crippen LogP contribution is -2.21. The third-order valence-corrected chi connectivity index (χ3v) is 5.77. The fraction of sp³-hybridized carbons (Fsp3) is 0.192. The summed E-state index contributed by atoms with van der Waals surface area (Å²) in [6.07, 6.45) is 5.23. The number of nitrogens with one attached hydrogen (secondary N) is 1. The first-order chi connectivity index (χ1) is 17.4. The third kappa shape index (κ3) is 7.16. The molecule has 0 saturated carbocycles. The van der Waals surface area contributed by atoms with Gasteiger partial charge in [-0.05, 0) is 55.3 Å².